The van der Waals surface area contributed by atoms with Gasteiger partial charge in [0.25, 0.3) is 0 Å². The van der Waals surface area contributed by atoms with Crippen LogP contribution in [0, 0.1) is 0 Å². The zero-order valence-corrected chi connectivity index (χ0v) is 10.5. The van der Waals surface area contributed by atoms with Crippen molar-refractivity contribution in [3.05, 3.63) is 30.3 Å². The van der Waals surface area contributed by atoms with Crippen LogP contribution in [0.15, 0.2) is 30.3 Å². The van der Waals surface area contributed by atoms with Crippen LogP contribution in [-0.2, 0) is 0 Å². The van der Waals surface area contributed by atoms with Gasteiger partial charge in [-0.2, -0.15) is 0 Å². The summed E-state index contributed by atoms with van der Waals surface area (Å²) in [6.45, 7) is 0. The van der Waals surface area contributed by atoms with E-state index < -0.39 is 0 Å². The highest BCUT2D eigenvalue weighted by molar-refractivity contribution is 5.75. The summed E-state index contributed by atoms with van der Waals surface area (Å²) in [6.07, 6.45) is 7.05. The van der Waals surface area contributed by atoms with Gasteiger partial charge in [0.15, 0.2) is 0 Å². The summed E-state index contributed by atoms with van der Waals surface area (Å²) in [5, 5.41) is 0. The summed E-state index contributed by atoms with van der Waals surface area (Å²) in [4.78, 5) is 0. The molecule has 16 heavy (non-hydrogen) atoms. The first-order chi connectivity index (χ1) is 7.21. The van der Waals surface area contributed by atoms with E-state index in [0.717, 1.165) is 10.5 Å². The first-order valence-electron chi connectivity index (χ1n) is 6.10. The fourth-order valence-electron chi connectivity index (χ4n) is 2.75. The molecule has 0 spiro atoms. The predicted molar refractivity (Wildman–Crippen MR) is 72.7 cm³/mol. The normalized spacial score (nSPS) is 17.9. The van der Waals surface area contributed by atoms with Crippen molar-refractivity contribution in [2.75, 3.05) is 14.1 Å². The lowest BCUT2D eigenvalue weighted by Crippen LogP contribution is -2.50. The molecule has 2 heteroatoms. The summed E-state index contributed by atoms with van der Waals surface area (Å²) >= 11 is 0. The van der Waals surface area contributed by atoms with Crippen LogP contribution in [0.25, 0.3) is 0 Å². The maximum atomic E-state index is 2.35. The van der Waals surface area contributed by atoms with Gasteiger partial charge in [0.1, 0.15) is 5.69 Å². The predicted octanol–water partition coefficient (Wildman–Crippen LogP) is 3.21. The maximum absolute atomic E-state index is 2.35. The fraction of sp³-hybridized carbons (Fsp3) is 0.571. The Bertz CT molecular complexity index is 302. The molecule has 1 aromatic rings. The average molecular weight is 215 g/mol. The summed E-state index contributed by atoms with van der Waals surface area (Å²) in [6, 6.07) is 11.7. The van der Waals surface area contributed by atoms with Gasteiger partial charge >= 0.3 is 0 Å². The molecular weight excluding hydrogens is 193 g/mol. The van der Waals surface area contributed by atoms with Crippen molar-refractivity contribution in [1.82, 2.24) is 4.48 Å². The van der Waals surface area contributed by atoms with Crippen LogP contribution in [-0.4, -0.2) is 28.6 Å². The lowest BCUT2D eigenvalue weighted by molar-refractivity contribution is 0.229. The quantitative estimate of drug-likeness (QED) is 0.525. The van der Waals surface area contributed by atoms with Crippen LogP contribution in [0.5, 0.6) is 0 Å². The Morgan fingerprint density at radius 1 is 0.938 bits per heavy atom. The zero-order chi connectivity index (χ0) is 10.7. The largest absolute Gasteiger partial charge is 0.294 e. The minimum atomic E-state index is 0. The standard InChI is InChI=1S/C14H22N.B/c1-15(2,13-9-5-3-6-10-13)14-11-7-4-8-12-14;/h3,5-6,9-10,14H,4,7-8,11-12H2,1-2H3;/q+1;. The second-order valence-electron chi connectivity index (χ2n) is 5.17. The molecule has 1 fully saturated rings. The van der Waals surface area contributed by atoms with E-state index in [2.05, 4.69) is 44.4 Å². The van der Waals surface area contributed by atoms with Crippen molar-refractivity contribution in [1.29, 1.82) is 0 Å². The number of quaternary nitrogens is 1. The van der Waals surface area contributed by atoms with Crippen LogP contribution in [0.2, 0.25) is 0 Å². The van der Waals surface area contributed by atoms with Gasteiger partial charge in [-0.3, -0.25) is 4.48 Å². The Labute approximate surface area is 102 Å². The minimum absolute atomic E-state index is 0. The van der Waals surface area contributed by atoms with Gasteiger partial charge in [-0.25, -0.2) is 0 Å². The Balaban J connectivity index is 0.00000128. The molecule has 1 nitrogen and oxygen atoms in total. The summed E-state index contributed by atoms with van der Waals surface area (Å²) < 4.78 is 1.06. The molecule has 1 aliphatic rings. The van der Waals surface area contributed by atoms with E-state index in [1.54, 1.807) is 0 Å². The molecule has 1 aromatic carbocycles. The van der Waals surface area contributed by atoms with E-state index in [4.69, 9.17) is 0 Å². The van der Waals surface area contributed by atoms with Gasteiger partial charge in [0.2, 0.25) is 0 Å². The van der Waals surface area contributed by atoms with Crippen molar-refractivity contribution in [3.8, 4) is 0 Å². The number of nitrogens with zero attached hydrogens (tertiary/aromatic N) is 1. The van der Waals surface area contributed by atoms with E-state index in [0.29, 0.717) is 0 Å². The molecule has 0 atom stereocenters. The Morgan fingerprint density at radius 2 is 1.50 bits per heavy atom. The van der Waals surface area contributed by atoms with Crippen molar-refractivity contribution < 1.29 is 0 Å². The third-order valence-electron chi connectivity index (χ3n) is 3.91. The van der Waals surface area contributed by atoms with E-state index in [9.17, 15) is 0 Å². The molecule has 85 valence electrons. The summed E-state index contributed by atoms with van der Waals surface area (Å²) in [7, 11) is 4.70. The molecule has 0 aromatic heterocycles. The highest BCUT2D eigenvalue weighted by Crippen LogP contribution is 2.30. The molecule has 2 rings (SSSR count). The van der Waals surface area contributed by atoms with Crippen LogP contribution in [0.3, 0.4) is 0 Å². The van der Waals surface area contributed by atoms with E-state index in [1.165, 1.54) is 37.8 Å². The first-order valence-corrected chi connectivity index (χ1v) is 6.10. The smallest absolute Gasteiger partial charge is 0.132 e. The van der Waals surface area contributed by atoms with Crippen LogP contribution >= 0.6 is 0 Å². The van der Waals surface area contributed by atoms with Gasteiger partial charge in [-0.1, -0.05) is 24.6 Å². The number of para-hydroxylation sites is 1. The molecule has 0 aliphatic heterocycles. The minimum Gasteiger partial charge on any atom is -0.294 e. The highest BCUT2D eigenvalue weighted by Gasteiger charge is 2.31. The van der Waals surface area contributed by atoms with E-state index in [-0.39, 0.29) is 8.41 Å². The second kappa shape index (κ2) is 5.54. The Kier molecular flexibility index (Phi) is 4.61. The molecule has 1 aliphatic carbocycles. The van der Waals surface area contributed by atoms with Gasteiger partial charge in [-0.15, -0.1) is 0 Å². The van der Waals surface area contributed by atoms with Crippen molar-refractivity contribution in [2.45, 2.75) is 38.1 Å². The molecule has 0 amide bonds. The lowest BCUT2D eigenvalue weighted by Gasteiger charge is -2.39. The third-order valence-corrected chi connectivity index (χ3v) is 3.91. The van der Waals surface area contributed by atoms with Gasteiger partial charge in [-0.05, 0) is 37.8 Å². The van der Waals surface area contributed by atoms with Crippen molar-refractivity contribution >= 4 is 14.1 Å². The van der Waals surface area contributed by atoms with Crippen LogP contribution < -0.4 is 4.48 Å². The topological polar surface area (TPSA) is 0 Å². The van der Waals surface area contributed by atoms with Gasteiger partial charge in [0.05, 0.1) is 20.1 Å². The summed E-state index contributed by atoms with van der Waals surface area (Å²) in [5.74, 6) is 0. The first kappa shape index (κ1) is 13.3. The van der Waals surface area contributed by atoms with Crippen molar-refractivity contribution in [2.24, 2.45) is 0 Å². The van der Waals surface area contributed by atoms with Crippen molar-refractivity contribution in [3.63, 3.8) is 0 Å². The fourth-order valence-corrected chi connectivity index (χ4v) is 2.75. The van der Waals surface area contributed by atoms with Gasteiger partial charge < -0.3 is 0 Å². The monoisotopic (exact) mass is 215 g/mol. The second-order valence-corrected chi connectivity index (χ2v) is 5.17. The molecular formula is C14H22BN+. The SMILES string of the molecule is C[N+](C)(c1ccccc1)C1CCCCC1.[B]. The molecule has 0 heterocycles. The molecule has 0 unspecified atom stereocenters. The Hall–Kier alpha value is -0.755. The van der Waals surface area contributed by atoms with Gasteiger partial charge in [0, 0.05) is 8.41 Å². The molecule has 0 saturated heterocycles. The number of hydrogen-bond donors (Lipinski definition) is 0. The van der Waals surface area contributed by atoms with Crippen LogP contribution in [0.1, 0.15) is 32.1 Å². The number of benzene rings is 1. The van der Waals surface area contributed by atoms with E-state index in [1.807, 2.05) is 0 Å². The summed E-state index contributed by atoms with van der Waals surface area (Å²) in [5.41, 5.74) is 1.45. The Morgan fingerprint density at radius 3 is 2.06 bits per heavy atom. The molecule has 1 saturated carbocycles. The lowest BCUT2D eigenvalue weighted by atomic mass is 9.92. The van der Waals surface area contributed by atoms with E-state index >= 15 is 0 Å². The molecule has 3 radical (unpaired) electrons. The average Bonchev–Trinajstić information content (AvgIpc) is 2.31. The third kappa shape index (κ3) is 2.68. The number of hydrogen-bond acceptors (Lipinski definition) is 0. The maximum Gasteiger partial charge on any atom is 0.132 e. The zero-order valence-electron chi connectivity index (χ0n) is 10.5. The highest BCUT2D eigenvalue weighted by atomic mass is 15.3. The number of rotatable bonds is 2. The molecule has 0 N–H and O–H groups in total. The van der Waals surface area contributed by atoms with Crippen LogP contribution in [0.4, 0.5) is 5.69 Å². The molecule has 0 bridgehead atoms.